The van der Waals surface area contributed by atoms with Gasteiger partial charge in [0.2, 0.25) is 6.29 Å². The molecule has 2 aliphatic carbocycles. The average Bonchev–Trinajstić information content (AvgIpc) is 3.09. The van der Waals surface area contributed by atoms with E-state index >= 15 is 0 Å². The number of cyclic esters (lactones) is 1. The van der Waals surface area contributed by atoms with E-state index in [1.807, 2.05) is 6.08 Å². The maximum atomic E-state index is 12.8. The number of aliphatic carboxylic acids is 1. The standard InChI is InChI=1S/C25H34O7/c1-5-15(2)21(27)31-14-18-7-6-8-19-24(4,11-10-17-13-20(26)32-22(17)28)16(3)9-12-25(18,19)23(29)30/h5,7,13,16,19,22,28H,6,8-12,14H2,1-4H3,(H,29,30)/b15-5-/t16-,19+,22?,24-,25-/m1/s1. The van der Waals surface area contributed by atoms with Gasteiger partial charge >= 0.3 is 17.9 Å². The molecule has 1 unspecified atom stereocenters. The SMILES string of the molecule is C/C=C(/C)C(=O)OCC1=CCC[C@@H]2[C@@]1(C(=O)O)CC[C@@H](C)[C@@]2(C)CCC1=CC(=O)OC1O. The van der Waals surface area contributed by atoms with Crippen LogP contribution in [0, 0.1) is 22.7 Å². The zero-order valence-electron chi connectivity index (χ0n) is 19.3. The van der Waals surface area contributed by atoms with Crippen LogP contribution in [0.5, 0.6) is 0 Å². The molecule has 0 amide bonds. The number of carbonyl (C=O) groups excluding carboxylic acids is 2. The second-order valence-electron chi connectivity index (χ2n) is 9.64. The summed E-state index contributed by atoms with van der Waals surface area (Å²) in [6.45, 7) is 7.69. The number of hydrogen-bond donors (Lipinski definition) is 2. The molecule has 7 heteroatoms. The third-order valence-electron chi connectivity index (χ3n) is 8.20. The van der Waals surface area contributed by atoms with Gasteiger partial charge in [-0.2, -0.15) is 0 Å². The number of allylic oxidation sites excluding steroid dienone is 2. The third kappa shape index (κ3) is 4.15. The summed E-state index contributed by atoms with van der Waals surface area (Å²) in [7, 11) is 0. The minimum Gasteiger partial charge on any atom is -0.481 e. The summed E-state index contributed by atoms with van der Waals surface area (Å²) in [5, 5.41) is 20.5. The number of aliphatic hydroxyl groups is 1. The van der Waals surface area contributed by atoms with Crippen LogP contribution in [0.4, 0.5) is 0 Å². The molecular weight excluding hydrogens is 412 g/mol. The summed E-state index contributed by atoms with van der Waals surface area (Å²) in [6.07, 6.45) is 7.53. The van der Waals surface area contributed by atoms with E-state index in [0.717, 1.165) is 19.3 Å². The molecule has 0 saturated heterocycles. The van der Waals surface area contributed by atoms with Crippen LogP contribution >= 0.6 is 0 Å². The first-order valence-corrected chi connectivity index (χ1v) is 11.4. The van der Waals surface area contributed by atoms with E-state index in [2.05, 4.69) is 13.8 Å². The number of ether oxygens (including phenoxy) is 2. The normalized spacial score (nSPS) is 34.8. The number of fused-ring (bicyclic) bond motifs is 1. The number of esters is 2. The predicted octanol–water partition coefficient (Wildman–Crippen LogP) is 3.92. The lowest BCUT2D eigenvalue weighted by molar-refractivity contribution is -0.164. The second-order valence-corrected chi connectivity index (χ2v) is 9.64. The minimum atomic E-state index is -1.22. The van der Waals surface area contributed by atoms with Crippen LogP contribution < -0.4 is 0 Å². The van der Waals surface area contributed by atoms with Crippen LogP contribution in [-0.4, -0.2) is 41.0 Å². The monoisotopic (exact) mass is 446 g/mol. The Morgan fingerprint density at radius 1 is 1.34 bits per heavy atom. The number of hydrogen-bond acceptors (Lipinski definition) is 6. The van der Waals surface area contributed by atoms with Crippen molar-refractivity contribution in [3.63, 3.8) is 0 Å². The van der Waals surface area contributed by atoms with Crippen molar-refractivity contribution >= 4 is 17.9 Å². The van der Waals surface area contributed by atoms with E-state index in [0.29, 0.717) is 36.0 Å². The fraction of sp³-hybridized carbons (Fsp3) is 0.640. The molecule has 32 heavy (non-hydrogen) atoms. The van der Waals surface area contributed by atoms with Gasteiger partial charge in [-0.15, -0.1) is 0 Å². The van der Waals surface area contributed by atoms with E-state index in [-0.39, 0.29) is 23.9 Å². The topological polar surface area (TPSA) is 110 Å². The Morgan fingerprint density at radius 3 is 2.66 bits per heavy atom. The lowest BCUT2D eigenvalue weighted by atomic mass is 9.46. The molecule has 7 nitrogen and oxygen atoms in total. The molecule has 0 aromatic rings. The molecule has 3 rings (SSSR count). The van der Waals surface area contributed by atoms with Gasteiger partial charge in [0.1, 0.15) is 6.61 Å². The highest BCUT2D eigenvalue weighted by atomic mass is 16.6. The predicted molar refractivity (Wildman–Crippen MR) is 117 cm³/mol. The molecule has 0 aromatic heterocycles. The van der Waals surface area contributed by atoms with Gasteiger partial charge in [-0.05, 0) is 75.2 Å². The van der Waals surface area contributed by atoms with Crippen molar-refractivity contribution in [2.24, 2.45) is 22.7 Å². The Hall–Kier alpha value is -2.41. The number of aliphatic hydroxyl groups excluding tert-OH is 1. The number of rotatable bonds is 7. The summed E-state index contributed by atoms with van der Waals surface area (Å²) < 4.78 is 10.3. The van der Waals surface area contributed by atoms with E-state index < -0.39 is 29.6 Å². The zero-order chi connectivity index (χ0) is 23.7. The number of carboxylic acid groups (broad SMARTS) is 1. The van der Waals surface area contributed by atoms with Gasteiger partial charge in [0.15, 0.2) is 0 Å². The van der Waals surface area contributed by atoms with Gasteiger partial charge in [0, 0.05) is 17.2 Å². The van der Waals surface area contributed by atoms with Gasteiger partial charge in [-0.1, -0.05) is 26.0 Å². The lowest BCUT2D eigenvalue weighted by Gasteiger charge is -2.57. The van der Waals surface area contributed by atoms with E-state index in [4.69, 9.17) is 9.47 Å². The molecule has 0 bridgehead atoms. The van der Waals surface area contributed by atoms with Crippen molar-refractivity contribution in [1.82, 2.24) is 0 Å². The first-order chi connectivity index (χ1) is 15.1. The Balaban J connectivity index is 1.88. The Labute approximate surface area is 189 Å². The Bertz CT molecular complexity index is 883. The highest BCUT2D eigenvalue weighted by Crippen LogP contribution is 2.62. The van der Waals surface area contributed by atoms with Gasteiger partial charge in [-0.3, -0.25) is 4.79 Å². The molecule has 5 atom stereocenters. The molecule has 1 heterocycles. The fourth-order valence-corrected chi connectivity index (χ4v) is 5.85. The van der Waals surface area contributed by atoms with Gasteiger partial charge in [-0.25, -0.2) is 9.59 Å². The summed E-state index contributed by atoms with van der Waals surface area (Å²) in [4.78, 5) is 36.5. The molecule has 1 saturated carbocycles. The van der Waals surface area contributed by atoms with Crippen LogP contribution in [0.1, 0.15) is 66.2 Å². The molecule has 1 fully saturated rings. The number of carboxylic acids is 1. The van der Waals surface area contributed by atoms with Crippen LogP contribution in [0.25, 0.3) is 0 Å². The summed E-state index contributed by atoms with van der Waals surface area (Å²) in [5.74, 6) is -1.73. The zero-order valence-corrected chi connectivity index (χ0v) is 19.3. The lowest BCUT2D eigenvalue weighted by Crippen LogP contribution is -2.55. The smallest absolute Gasteiger partial charge is 0.333 e. The van der Waals surface area contributed by atoms with E-state index in [9.17, 15) is 24.6 Å². The molecule has 0 spiro atoms. The van der Waals surface area contributed by atoms with Crippen molar-refractivity contribution in [3.8, 4) is 0 Å². The maximum absolute atomic E-state index is 12.8. The summed E-state index contributed by atoms with van der Waals surface area (Å²) in [6, 6.07) is 0. The van der Waals surface area contributed by atoms with Gasteiger partial charge in [0.25, 0.3) is 0 Å². The Morgan fingerprint density at radius 2 is 2.06 bits per heavy atom. The summed E-state index contributed by atoms with van der Waals surface area (Å²) >= 11 is 0. The van der Waals surface area contributed by atoms with Gasteiger partial charge < -0.3 is 19.7 Å². The molecule has 2 N–H and O–H groups in total. The average molecular weight is 447 g/mol. The van der Waals surface area contributed by atoms with Crippen molar-refractivity contribution in [1.29, 1.82) is 0 Å². The molecule has 3 aliphatic rings. The summed E-state index contributed by atoms with van der Waals surface area (Å²) in [5.41, 5.74) is 0.293. The largest absolute Gasteiger partial charge is 0.481 e. The van der Waals surface area contributed by atoms with Crippen LogP contribution in [-0.2, 0) is 23.9 Å². The first kappa shape index (κ1) is 24.2. The quantitative estimate of drug-likeness (QED) is 0.346. The third-order valence-corrected chi connectivity index (χ3v) is 8.20. The highest BCUT2D eigenvalue weighted by Gasteiger charge is 2.60. The first-order valence-electron chi connectivity index (χ1n) is 11.4. The number of carbonyl (C=O) groups is 3. The molecule has 0 radical (unpaired) electrons. The molecule has 1 aliphatic heterocycles. The van der Waals surface area contributed by atoms with Crippen LogP contribution in [0.15, 0.2) is 34.9 Å². The minimum absolute atomic E-state index is 0.0243. The molecule has 0 aromatic carbocycles. The Kier molecular flexibility index (Phi) is 6.98. The van der Waals surface area contributed by atoms with Crippen molar-refractivity contribution in [3.05, 3.63) is 34.9 Å². The van der Waals surface area contributed by atoms with E-state index in [1.165, 1.54) is 6.08 Å². The van der Waals surface area contributed by atoms with Crippen molar-refractivity contribution in [2.75, 3.05) is 6.61 Å². The maximum Gasteiger partial charge on any atom is 0.333 e. The van der Waals surface area contributed by atoms with E-state index in [1.54, 1.807) is 19.9 Å². The molecule has 176 valence electrons. The van der Waals surface area contributed by atoms with Crippen LogP contribution in [0.2, 0.25) is 0 Å². The van der Waals surface area contributed by atoms with Crippen molar-refractivity contribution in [2.45, 2.75) is 72.5 Å². The second kappa shape index (κ2) is 9.22. The fourth-order valence-electron chi connectivity index (χ4n) is 5.85. The van der Waals surface area contributed by atoms with Crippen molar-refractivity contribution < 1.29 is 34.1 Å². The highest BCUT2D eigenvalue weighted by molar-refractivity contribution is 5.88. The molecular formula is C25H34O7. The van der Waals surface area contributed by atoms with Gasteiger partial charge in [0.05, 0.1) is 5.41 Å². The van der Waals surface area contributed by atoms with Crippen LogP contribution in [0.3, 0.4) is 0 Å².